The minimum absolute atomic E-state index is 0.0912. The molecule has 0 bridgehead atoms. The molecule has 0 radical (unpaired) electrons. The number of aromatic amines is 1. The van der Waals surface area contributed by atoms with Crippen LogP contribution in [-0.2, 0) is 9.53 Å². The Morgan fingerprint density at radius 2 is 1.80 bits per heavy atom. The second kappa shape index (κ2) is 12.9. The van der Waals surface area contributed by atoms with Crippen molar-refractivity contribution in [3.05, 3.63) is 23.8 Å². The van der Waals surface area contributed by atoms with Crippen LogP contribution in [0.15, 0.2) is 18.2 Å². The average molecular weight is 417 g/mol. The number of amides is 1. The van der Waals surface area contributed by atoms with Gasteiger partial charge in [0, 0.05) is 31.6 Å². The lowest BCUT2D eigenvalue weighted by molar-refractivity contribution is -0.140. The van der Waals surface area contributed by atoms with Gasteiger partial charge in [0.05, 0.1) is 18.1 Å². The van der Waals surface area contributed by atoms with Crippen molar-refractivity contribution in [2.45, 2.75) is 65.2 Å². The summed E-state index contributed by atoms with van der Waals surface area (Å²) in [6.45, 7) is 6.67. The molecule has 2 rings (SSSR count). The molecule has 1 aromatic heterocycles. The lowest BCUT2D eigenvalue weighted by Gasteiger charge is -2.22. The third-order valence-electron chi connectivity index (χ3n) is 5.16. The first-order chi connectivity index (χ1) is 14.6. The van der Waals surface area contributed by atoms with E-state index in [2.05, 4.69) is 33.9 Å². The number of hydrogen-bond acceptors (Lipinski definition) is 5. The molecule has 0 spiro atoms. The highest BCUT2D eigenvalue weighted by atomic mass is 16.5. The Hall–Kier alpha value is -2.57. The summed E-state index contributed by atoms with van der Waals surface area (Å²) in [7, 11) is 1.42. The topological polar surface area (TPSA) is 87.3 Å². The third-order valence-corrected chi connectivity index (χ3v) is 5.16. The van der Waals surface area contributed by atoms with Crippen molar-refractivity contribution < 1.29 is 14.3 Å². The highest BCUT2D eigenvalue weighted by Gasteiger charge is 2.16. The van der Waals surface area contributed by atoms with E-state index >= 15 is 0 Å². The van der Waals surface area contributed by atoms with Crippen LogP contribution in [-0.4, -0.2) is 53.5 Å². The number of methoxy groups -OCH3 is 1. The number of rotatable bonds is 14. The van der Waals surface area contributed by atoms with Gasteiger partial charge >= 0.3 is 5.97 Å². The molecule has 2 N–H and O–H groups in total. The number of hydrogen-bond donors (Lipinski definition) is 2. The predicted molar refractivity (Wildman–Crippen MR) is 121 cm³/mol. The fourth-order valence-electron chi connectivity index (χ4n) is 3.30. The minimum atomic E-state index is -0.159. The Balaban J connectivity index is 1.92. The van der Waals surface area contributed by atoms with Crippen LogP contribution < -0.4 is 5.32 Å². The predicted octanol–water partition coefficient (Wildman–Crippen LogP) is 4.75. The van der Waals surface area contributed by atoms with Crippen LogP contribution in [0, 0.1) is 0 Å². The van der Waals surface area contributed by atoms with Crippen LogP contribution in [0.5, 0.6) is 0 Å². The summed E-state index contributed by atoms with van der Waals surface area (Å²) in [6.07, 6.45) is 7.39. The summed E-state index contributed by atoms with van der Waals surface area (Å²) in [6, 6.07) is 5.67. The fraction of sp³-hybridized carbons (Fsp3) is 0.609. The Morgan fingerprint density at radius 1 is 1.07 bits per heavy atom. The number of fused-ring (bicyclic) bond motifs is 1. The van der Waals surface area contributed by atoms with Gasteiger partial charge in [0.1, 0.15) is 0 Å². The smallest absolute Gasteiger partial charge is 0.305 e. The van der Waals surface area contributed by atoms with E-state index in [-0.39, 0.29) is 11.9 Å². The largest absolute Gasteiger partial charge is 0.469 e. The van der Waals surface area contributed by atoms with Crippen LogP contribution in [0.3, 0.4) is 0 Å². The molecule has 1 amide bonds. The number of anilines is 1. The van der Waals surface area contributed by atoms with Gasteiger partial charge in [-0.2, -0.15) is 0 Å². The average Bonchev–Trinajstić information content (AvgIpc) is 3.17. The number of aromatic nitrogens is 2. The maximum Gasteiger partial charge on any atom is 0.305 e. The number of H-pyrrole nitrogens is 1. The van der Waals surface area contributed by atoms with Gasteiger partial charge in [0.25, 0.3) is 5.91 Å². The Labute approximate surface area is 179 Å². The standard InChI is InChI=1S/C23H36N4O3/c1-4-6-15-27(16-7-5-2)22(29)18-12-13-19-20(17-18)26-23(25-19)24-14-10-8-9-11-21(28)30-3/h12-13,17H,4-11,14-16H2,1-3H3,(H2,24,25,26). The SMILES string of the molecule is CCCCN(CCCC)C(=O)c1ccc2nc(NCCCCCC(=O)OC)[nH]c2c1. The first kappa shape index (κ1) is 23.7. The highest BCUT2D eigenvalue weighted by molar-refractivity contribution is 5.97. The zero-order valence-corrected chi connectivity index (χ0v) is 18.6. The Bertz CT molecular complexity index is 795. The van der Waals surface area contributed by atoms with Crippen molar-refractivity contribution in [1.82, 2.24) is 14.9 Å². The Morgan fingerprint density at radius 3 is 2.47 bits per heavy atom. The summed E-state index contributed by atoms with van der Waals surface area (Å²) in [5.74, 6) is 0.637. The first-order valence-electron chi connectivity index (χ1n) is 11.2. The van der Waals surface area contributed by atoms with E-state index in [1.54, 1.807) is 0 Å². The van der Waals surface area contributed by atoms with E-state index in [0.29, 0.717) is 17.9 Å². The summed E-state index contributed by atoms with van der Waals surface area (Å²) in [5, 5.41) is 3.29. The number of nitrogens with one attached hydrogen (secondary N) is 2. The molecule has 0 unspecified atom stereocenters. The van der Waals surface area contributed by atoms with Gasteiger partial charge in [0.2, 0.25) is 5.95 Å². The molecule has 0 saturated carbocycles. The third kappa shape index (κ3) is 7.35. The molecule has 0 saturated heterocycles. The number of carbonyl (C=O) groups excluding carboxylic acids is 2. The van der Waals surface area contributed by atoms with E-state index in [4.69, 9.17) is 0 Å². The quantitative estimate of drug-likeness (QED) is 0.343. The normalized spacial score (nSPS) is 10.9. The molecule has 1 heterocycles. The molecule has 7 nitrogen and oxygen atoms in total. The summed E-state index contributed by atoms with van der Waals surface area (Å²) in [4.78, 5) is 33.9. The highest BCUT2D eigenvalue weighted by Crippen LogP contribution is 2.18. The van der Waals surface area contributed by atoms with Gasteiger partial charge in [-0.15, -0.1) is 0 Å². The summed E-state index contributed by atoms with van der Waals surface area (Å²) in [5.41, 5.74) is 2.40. The zero-order chi connectivity index (χ0) is 21.8. The maximum absolute atomic E-state index is 13.0. The van der Waals surface area contributed by atoms with Gasteiger partial charge in [-0.05, 0) is 43.9 Å². The molecule has 0 aliphatic carbocycles. The fourth-order valence-corrected chi connectivity index (χ4v) is 3.30. The van der Waals surface area contributed by atoms with Crippen LogP contribution in [0.2, 0.25) is 0 Å². The van der Waals surface area contributed by atoms with Crippen LogP contribution in [0.4, 0.5) is 5.95 Å². The zero-order valence-electron chi connectivity index (χ0n) is 18.6. The lowest BCUT2D eigenvalue weighted by atomic mass is 10.1. The summed E-state index contributed by atoms with van der Waals surface area (Å²) < 4.78 is 4.64. The molecule has 166 valence electrons. The van der Waals surface area contributed by atoms with Crippen molar-refractivity contribution in [2.75, 3.05) is 32.1 Å². The number of benzene rings is 1. The summed E-state index contributed by atoms with van der Waals surface area (Å²) >= 11 is 0. The number of ether oxygens (including phenoxy) is 1. The van der Waals surface area contributed by atoms with Crippen LogP contribution >= 0.6 is 0 Å². The minimum Gasteiger partial charge on any atom is -0.469 e. The molecular formula is C23H36N4O3. The molecule has 0 aliphatic rings. The van der Waals surface area contributed by atoms with Crippen molar-refractivity contribution in [1.29, 1.82) is 0 Å². The van der Waals surface area contributed by atoms with E-state index < -0.39 is 0 Å². The monoisotopic (exact) mass is 416 g/mol. The second-order valence-electron chi connectivity index (χ2n) is 7.63. The molecule has 7 heteroatoms. The van der Waals surface area contributed by atoms with Crippen molar-refractivity contribution in [3.8, 4) is 0 Å². The molecule has 30 heavy (non-hydrogen) atoms. The van der Waals surface area contributed by atoms with Gasteiger partial charge in [-0.3, -0.25) is 9.59 Å². The van der Waals surface area contributed by atoms with Crippen molar-refractivity contribution >= 4 is 28.9 Å². The van der Waals surface area contributed by atoms with Crippen molar-refractivity contribution in [3.63, 3.8) is 0 Å². The van der Waals surface area contributed by atoms with Gasteiger partial charge < -0.3 is 19.9 Å². The van der Waals surface area contributed by atoms with E-state index in [0.717, 1.165) is 75.6 Å². The number of nitrogens with zero attached hydrogens (tertiary/aromatic N) is 2. The van der Waals surface area contributed by atoms with Gasteiger partial charge in [-0.1, -0.05) is 33.1 Å². The van der Waals surface area contributed by atoms with E-state index in [9.17, 15) is 9.59 Å². The number of carbonyl (C=O) groups is 2. The number of unbranched alkanes of at least 4 members (excludes halogenated alkanes) is 4. The first-order valence-corrected chi connectivity index (χ1v) is 11.2. The Kier molecular flexibility index (Phi) is 10.2. The second-order valence-corrected chi connectivity index (χ2v) is 7.63. The van der Waals surface area contributed by atoms with E-state index in [1.807, 2.05) is 23.1 Å². The molecule has 0 fully saturated rings. The molecule has 1 aromatic carbocycles. The van der Waals surface area contributed by atoms with Crippen LogP contribution in [0.1, 0.15) is 75.6 Å². The van der Waals surface area contributed by atoms with Crippen LogP contribution in [0.25, 0.3) is 11.0 Å². The molecular weight excluding hydrogens is 380 g/mol. The lowest BCUT2D eigenvalue weighted by Crippen LogP contribution is -2.32. The molecule has 0 atom stereocenters. The molecule has 0 aliphatic heterocycles. The van der Waals surface area contributed by atoms with Crippen molar-refractivity contribution in [2.24, 2.45) is 0 Å². The molecule has 2 aromatic rings. The van der Waals surface area contributed by atoms with Gasteiger partial charge in [0.15, 0.2) is 0 Å². The maximum atomic E-state index is 13.0. The number of imidazole rings is 1. The number of esters is 1. The van der Waals surface area contributed by atoms with E-state index in [1.165, 1.54) is 7.11 Å². The van der Waals surface area contributed by atoms with Gasteiger partial charge in [-0.25, -0.2) is 4.98 Å².